The van der Waals surface area contributed by atoms with E-state index in [1.54, 1.807) is 0 Å². The summed E-state index contributed by atoms with van der Waals surface area (Å²) in [5.41, 5.74) is 0.642. The fourth-order valence-corrected chi connectivity index (χ4v) is 3.09. The molecule has 3 unspecified atom stereocenters. The summed E-state index contributed by atoms with van der Waals surface area (Å²) >= 11 is 0. The van der Waals surface area contributed by atoms with E-state index in [1.165, 1.54) is 12.8 Å². The normalized spacial score (nSPS) is 26.6. The number of hydrogen-bond donors (Lipinski definition) is 0. The van der Waals surface area contributed by atoms with Gasteiger partial charge in [0.05, 0.1) is 5.56 Å². The standard InChI is InChI=1S/C17H26NO2/c1-12(2)15-6-5-13(3)11-16(15)20-17(19)14-7-9-18(4)10-8-14/h7-10,12-13,15-16H,5-6,11H2,1-4H3/q+1. The van der Waals surface area contributed by atoms with Gasteiger partial charge in [-0.05, 0) is 30.6 Å². The maximum Gasteiger partial charge on any atom is 0.338 e. The van der Waals surface area contributed by atoms with Crippen molar-refractivity contribution in [2.24, 2.45) is 24.8 Å². The number of esters is 1. The van der Waals surface area contributed by atoms with Gasteiger partial charge in [0.25, 0.3) is 0 Å². The molecule has 1 heterocycles. The van der Waals surface area contributed by atoms with Crippen molar-refractivity contribution in [3.63, 3.8) is 0 Å². The van der Waals surface area contributed by atoms with Crippen molar-refractivity contribution in [3.8, 4) is 0 Å². The van der Waals surface area contributed by atoms with E-state index in [0.29, 0.717) is 23.3 Å². The lowest BCUT2D eigenvalue weighted by Crippen LogP contribution is -2.36. The average molecular weight is 276 g/mol. The molecule has 3 atom stereocenters. The fraction of sp³-hybridized carbons (Fsp3) is 0.647. The first-order valence-electron chi connectivity index (χ1n) is 7.63. The fourth-order valence-electron chi connectivity index (χ4n) is 3.09. The molecule has 0 spiro atoms. The molecule has 0 aromatic carbocycles. The van der Waals surface area contributed by atoms with Crippen LogP contribution in [0.3, 0.4) is 0 Å². The zero-order valence-corrected chi connectivity index (χ0v) is 13.0. The Bertz CT molecular complexity index is 453. The zero-order valence-electron chi connectivity index (χ0n) is 13.0. The third-order valence-electron chi connectivity index (χ3n) is 4.43. The molecular weight excluding hydrogens is 250 g/mol. The van der Waals surface area contributed by atoms with Crippen LogP contribution in [0.15, 0.2) is 24.5 Å². The molecule has 1 aliphatic rings. The zero-order chi connectivity index (χ0) is 14.7. The lowest BCUT2D eigenvalue weighted by molar-refractivity contribution is -0.671. The highest BCUT2D eigenvalue weighted by atomic mass is 16.5. The van der Waals surface area contributed by atoms with Crippen LogP contribution in [0, 0.1) is 17.8 Å². The van der Waals surface area contributed by atoms with Gasteiger partial charge in [-0.25, -0.2) is 9.36 Å². The summed E-state index contributed by atoms with van der Waals surface area (Å²) in [6.07, 6.45) is 7.23. The van der Waals surface area contributed by atoms with Crippen LogP contribution >= 0.6 is 0 Å². The number of hydrogen-bond acceptors (Lipinski definition) is 2. The molecule has 0 aliphatic heterocycles. The van der Waals surface area contributed by atoms with Crippen molar-refractivity contribution < 1.29 is 14.1 Å². The maximum atomic E-state index is 12.3. The van der Waals surface area contributed by atoms with Crippen LogP contribution in [0.4, 0.5) is 0 Å². The molecule has 1 saturated carbocycles. The van der Waals surface area contributed by atoms with E-state index < -0.39 is 0 Å². The van der Waals surface area contributed by atoms with E-state index in [0.717, 1.165) is 6.42 Å². The Labute approximate surface area is 122 Å². The molecule has 0 bridgehead atoms. The van der Waals surface area contributed by atoms with E-state index in [4.69, 9.17) is 4.74 Å². The minimum atomic E-state index is -0.185. The molecule has 0 radical (unpaired) electrons. The molecule has 3 heteroatoms. The maximum absolute atomic E-state index is 12.3. The number of carbonyl (C=O) groups excluding carboxylic acids is 1. The minimum Gasteiger partial charge on any atom is -0.458 e. The quantitative estimate of drug-likeness (QED) is 0.627. The van der Waals surface area contributed by atoms with Crippen molar-refractivity contribution in [1.29, 1.82) is 0 Å². The number of pyridine rings is 1. The van der Waals surface area contributed by atoms with E-state index in [1.807, 2.05) is 36.1 Å². The van der Waals surface area contributed by atoms with Gasteiger partial charge in [-0.1, -0.05) is 27.2 Å². The molecule has 0 saturated heterocycles. The average Bonchev–Trinajstić information content (AvgIpc) is 2.39. The summed E-state index contributed by atoms with van der Waals surface area (Å²) in [6, 6.07) is 3.64. The third-order valence-corrected chi connectivity index (χ3v) is 4.43. The van der Waals surface area contributed by atoms with Crippen LogP contribution < -0.4 is 4.57 Å². The predicted molar refractivity (Wildman–Crippen MR) is 78.2 cm³/mol. The van der Waals surface area contributed by atoms with Crippen LogP contribution in [0.1, 0.15) is 50.4 Å². The van der Waals surface area contributed by atoms with Gasteiger partial charge in [0.1, 0.15) is 13.2 Å². The number of rotatable bonds is 3. The van der Waals surface area contributed by atoms with Gasteiger partial charge in [0, 0.05) is 12.1 Å². The lowest BCUT2D eigenvalue weighted by Gasteiger charge is -2.36. The molecule has 1 aliphatic carbocycles. The van der Waals surface area contributed by atoms with Crippen molar-refractivity contribution in [2.75, 3.05) is 0 Å². The van der Waals surface area contributed by atoms with Gasteiger partial charge in [-0.15, -0.1) is 0 Å². The highest BCUT2D eigenvalue weighted by Gasteiger charge is 2.33. The highest BCUT2D eigenvalue weighted by molar-refractivity contribution is 5.89. The third kappa shape index (κ3) is 3.59. The number of nitrogens with zero attached hydrogens (tertiary/aromatic N) is 1. The van der Waals surface area contributed by atoms with Gasteiger partial charge in [-0.3, -0.25) is 0 Å². The van der Waals surface area contributed by atoms with Crippen molar-refractivity contribution in [3.05, 3.63) is 30.1 Å². The van der Waals surface area contributed by atoms with Crippen LogP contribution in [0.25, 0.3) is 0 Å². The SMILES string of the molecule is CC1CCC(C(C)C)C(OC(=O)c2cc[n+](C)cc2)C1. The van der Waals surface area contributed by atoms with E-state index in [2.05, 4.69) is 20.8 Å². The largest absolute Gasteiger partial charge is 0.458 e. The molecule has 1 aromatic heterocycles. The summed E-state index contributed by atoms with van der Waals surface area (Å²) in [4.78, 5) is 12.3. The Morgan fingerprint density at radius 2 is 1.95 bits per heavy atom. The Balaban J connectivity index is 2.05. The molecule has 3 nitrogen and oxygen atoms in total. The van der Waals surface area contributed by atoms with Crippen molar-refractivity contribution in [1.82, 2.24) is 0 Å². The molecule has 0 N–H and O–H groups in total. The molecule has 1 aromatic rings. The van der Waals surface area contributed by atoms with Crippen LogP contribution in [0.2, 0.25) is 0 Å². The number of carbonyl (C=O) groups is 1. The van der Waals surface area contributed by atoms with Gasteiger partial charge in [0.15, 0.2) is 12.4 Å². The lowest BCUT2D eigenvalue weighted by atomic mass is 9.75. The minimum absolute atomic E-state index is 0.0696. The first-order valence-corrected chi connectivity index (χ1v) is 7.63. The topological polar surface area (TPSA) is 30.2 Å². The number of ether oxygens (including phenoxy) is 1. The van der Waals surface area contributed by atoms with E-state index >= 15 is 0 Å². The van der Waals surface area contributed by atoms with Crippen LogP contribution in [-0.4, -0.2) is 12.1 Å². The van der Waals surface area contributed by atoms with Crippen molar-refractivity contribution in [2.45, 2.75) is 46.1 Å². The van der Waals surface area contributed by atoms with Gasteiger partial charge in [-0.2, -0.15) is 0 Å². The summed E-state index contributed by atoms with van der Waals surface area (Å²) < 4.78 is 7.73. The first-order chi connectivity index (χ1) is 9.47. The molecule has 110 valence electrons. The number of aromatic nitrogens is 1. The summed E-state index contributed by atoms with van der Waals surface area (Å²) in [6.45, 7) is 6.70. The smallest absolute Gasteiger partial charge is 0.338 e. The van der Waals surface area contributed by atoms with E-state index in [-0.39, 0.29) is 12.1 Å². The summed E-state index contributed by atoms with van der Waals surface area (Å²) in [7, 11) is 1.94. The second kappa shape index (κ2) is 6.38. The molecule has 2 rings (SSSR count). The molecule has 0 amide bonds. The van der Waals surface area contributed by atoms with Crippen LogP contribution in [0.5, 0.6) is 0 Å². The second-order valence-electron chi connectivity index (χ2n) is 6.52. The van der Waals surface area contributed by atoms with E-state index in [9.17, 15) is 4.79 Å². The Morgan fingerprint density at radius 3 is 2.55 bits per heavy atom. The summed E-state index contributed by atoms with van der Waals surface area (Å²) in [5, 5.41) is 0. The van der Waals surface area contributed by atoms with Gasteiger partial charge in [0.2, 0.25) is 0 Å². The Hall–Kier alpha value is -1.38. The Kier molecular flexibility index (Phi) is 4.79. The van der Waals surface area contributed by atoms with Crippen LogP contribution in [-0.2, 0) is 11.8 Å². The second-order valence-corrected chi connectivity index (χ2v) is 6.52. The molecule has 1 fully saturated rings. The number of aryl methyl sites for hydroxylation is 1. The monoisotopic (exact) mass is 276 g/mol. The van der Waals surface area contributed by atoms with Crippen molar-refractivity contribution >= 4 is 5.97 Å². The molecular formula is C17H26NO2+. The predicted octanol–water partition coefficient (Wildman–Crippen LogP) is 3.13. The Morgan fingerprint density at radius 1 is 1.30 bits per heavy atom. The van der Waals surface area contributed by atoms with Gasteiger partial charge < -0.3 is 4.74 Å². The van der Waals surface area contributed by atoms with Gasteiger partial charge >= 0.3 is 5.97 Å². The molecule has 20 heavy (non-hydrogen) atoms. The summed E-state index contributed by atoms with van der Waals surface area (Å²) in [5.74, 6) is 1.52. The first kappa shape index (κ1) is 15.0. The highest BCUT2D eigenvalue weighted by Crippen LogP contribution is 2.35.